The van der Waals surface area contributed by atoms with Crippen LogP contribution in [-0.4, -0.2) is 19.5 Å². The van der Waals surface area contributed by atoms with Crippen LogP contribution < -0.4 is 0 Å². The summed E-state index contributed by atoms with van der Waals surface area (Å²) in [5, 5.41) is 13.8. The van der Waals surface area contributed by atoms with E-state index in [2.05, 4.69) is 103 Å². The number of benzene rings is 4. The zero-order chi connectivity index (χ0) is 26.0. The predicted octanol–water partition coefficient (Wildman–Crippen LogP) is 8.53. The molecule has 4 nitrogen and oxygen atoms in total. The van der Waals surface area contributed by atoms with Crippen molar-refractivity contribution in [2.45, 2.75) is 26.2 Å². The van der Waals surface area contributed by atoms with Gasteiger partial charge in [-0.05, 0) is 58.3 Å². The minimum Gasteiger partial charge on any atom is -0.507 e. The maximum absolute atomic E-state index is 10.9. The first-order valence-corrected chi connectivity index (χ1v) is 12.9. The summed E-state index contributed by atoms with van der Waals surface area (Å²) in [5.74, 6) is 0.238. The lowest BCUT2D eigenvalue weighted by Gasteiger charge is -2.19. The molecule has 0 bridgehead atoms. The molecule has 0 unspecified atom stereocenters. The summed E-state index contributed by atoms with van der Waals surface area (Å²) in [6, 6.07) is 33.1. The van der Waals surface area contributed by atoms with E-state index >= 15 is 0 Å². The SMILES string of the molecule is CC(C)(C)c1ccnc(-c2cccc(-c3cccc4c3nc3c5c(O)cccc5c5ccccc5n43)c2)c1. The minimum atomic E-state index is 0.0501. The Bertz CT molecular complexity index is 2030. The molecule has 0 atom stereocenters. The second-order valence-electron chi connectivity index (χ2n) is 10.9. The van der Waals surface area contributed by atoms with Crippen molar-refractivity contribution >= 4 is 38.4 Å². The van der Waals surface area contributed by atoms with Crippen LogP contribution in [0.1, 0.15) is 26.3 Å². The van der Waals surface area contributed by atoms with Gasteiger partial charge in [-0.2, -0.15) is 0 Å². The van der Waals surface area contributed by atoms with E-state index in [9.17, 15) is 5.11 Å². The van der Waals surface area contributed by atoms with Crippen LogP contribution in [-0.2, 0) is 5.41 Å². The van der Waals surface area contributed by atoms with Gasteiger partial charge in [-0.25, -0.2) is 4.98 Å². The Balaban J connectivity index is 1.50. The summed E-state index contributed by atoms with van der Waals surface area (Å²) < 4.78 is 2.18. The number of para-hydroxylation sites is 2. The Morgan fingerprint density at radius 1 is 0.711 bits per heavy atom. The van der Waals surface area contributed by atoms with Crippen LogP contribution in [0, 0.1) is 0 Å². The molecule has 184 valence electrons. The van der Waals surface area contributed by atoms with E-state index in [1.807, 2.05) is 24.4 Å². The van der Waals surface area contributed by atoms with Crippen LogP contribution in [0.3, 0.4) is 0 Å². The molecule has 0 aliphatic heterocycles. The number of phenolic OH excluding ortho intramolecular Hbond substituents is 1. The third-order valence-corrected chi connectivity index (χ3v) is 7.48. The molecular weight excluding hydrogens is 466 g/mol. The molecule has 0 spiro atoms. The standard InChI is InChI=1S/C34H27N3O/c1-34(2,3)23-17-18-35-27(20-23)22-10-6-9-21(19-22)24-12-7-15-29-32(24)36-33-31-26(13-8-16-30(31)38)25-11-4-5-14-28(25)37(29)33/h4-20,38H,1-3H3. The maximum Gasteiger partial charge on any atom is 0.150 e. The van der Waals surface area contributed by atoms with Crippen LogP contribution in [0.15, 0.2) is 103 Å². The van der Waals surface area contributed by atoms with Crippen molar-refractivity contribution in [1.29, 1.82) is 0 Å². The van der Waals surface area contributed by atoms with Gasteiger partial charge in [0.1, 0.15) is 11.4 Å². The fraction of sp³-hybridized carbons (Fsp3) is 0.118. The van der Waals surface area contributed by atoms with E-state index in [-0.39, 0.29) is 11.2 Å². The maximum atomic E-state index is 10.9. The van der Waals surface area contributed by atoms with E-state index in [1.165, 1.54) is 5.56 Å². The first kappa shape index (κ1) is 22.5. The van der Waals surface area contributed by atoms with Crippen molar-refractivity contribution < 1.29 is 5.11 Å². The van der Waals surface area contributed by atoms with Gasteiger partial charge < -0.3 is 5.11 Å². The largest absolute Gasteiger partial charge is 0.507 e. The molecule has 38 heavy (non-hydrogen) atoms. The predicted molar refractivity (Wildman–Crippen MR) is 157 cm³/mol. The second-order valence-corrected chi connectivity index (χ2v) is 10.9. The summed E-state index contributed by atoms with van der Waals surface area (Å²) >= 11 is 0. The topological polar surface area (TPSA) is 50.4 Å². The van der Waals surface area contributed by atoms with Gasteiger partial charge in [-0.1, -0.05) is 81.4 Å². The lowest BCUT2D eigenvalue weighted by atomic mass is 9.87. The van der Waals surface area contributed by atoms with Gasteiger partial charge in [0.15, 0.2) is 0 Å². The Morgan fingerprint density at radius 2 is 1.45 bits per heavy atom. The summed E-state index contributed by atoms with van der Waals surface area (Å²) in [5.41, 5.74) is 9.21. The van der Waals surface area contributed by atoms with Gasteiger partial charge in [0.25, 0.3) is 0 Å². The van der Waals surface area contributed by atoms with Gasteiger partial charge in [0.2, 0.25) is 0 Å². The van der Waals surface area contributed by atoms with E-state index in [4.69, 9.17) is 4.98 Å². The van der Waals surface area contributed by atoms with Gasteiger partial charge in [0, 0.05) is 22.7 Å². The molecule has 0 aliphatic rings. The number of nitrogens with zero attached hydrogens (tertiary/aromatic N) is 3. The molecule has 7 rings (SSSR count). The third kappa shape index (κ3) is 3.37. The highest BCUT2D eigenvalue weighted by Crippen LogP contribution is 2.39. The highest BCUT2D eigenvalue weighted by Gasteiger charge is 2.19. The van der Waals surface area contributed by atoms with Crippen LogP contribution in [0.5, 0.6) is 5.75 Å². The van der Waals surface area contributed by atoms with E-state index in [0.717, 1.165) is 60.7 Å². The number of hydrogen-bond donors (Lipinski definition) is 1. The van der Waals surface area contributed by atoms with Crippen molar-refractivity contribution in [2.75, 3.05) is 0 Å². The first-order chi connectivity index (χ1) is 18.4. The number of rotatable bonds is 2. The van der Waals surface area contributed by atoms with Crippen LogP contribution in [0.2, 0.25) is 0 Å². The van der Waals surface area contributed by atoms with Crippen molar-refractivity contribution in [1.82, 2.24) is 14.4 Å². The number of aromatic nitrogens is 3. The number of fused-ring (bicyclic) bond motifs is 8. The number of imidazole rings is 1. The van der Waals surface area contributed by atoms with Gasteiger partial charge >= 0.3 is 0 Å². The first-order valence-electron chi connectivity index (χ1n) is 12.9. The van der Waals surface area contributed by atoms with Gasteiger partial charge in [-0.15, -0.1) is 0 Å². The zero-order valence-corrected chi connectivity index (χ0v) is 21.6. The molecule has 3 heterocycles. The number of hydrogen-bond acceptors (Lipinski definition) is 3. The van der Waals surface area contributed by atoms with E-state index < -0.39 is 0 Å². The smallest absolute Gasteiger partial charge is 0.150 e. The van der Waals surface area contributed by atoms with Gasteiger partial charge in [-0.3, -0.25) is 9.38 Å². The lowest BCUT2D eigenvalue weighted by molar-refractivity contribution is 0.482. The molecule has 1 N–H and O–H groups in total. The average molecular weight is 494 g/mol. The molecule has 7 aromatic rings. The van der Waals surface area contributed by atoms with Crippen LogP contribution in [0.4, 0.5) is 0 Å². The molecule has 0 fully saturated rings. The third-order valence-electron chi connectivity index (χ3n) is 7.48. The van der Waals surface area contributed by atoms with Crippen molar-refractivity contribution in [2.24, 2.45) is 0 Å². The van der Waals surface area contributed by atoms with Crippen molar-refractivity contribution in [3.63, 3.8) is 0 Å². The lowest BCUT2D eigenvalue weighted by Crippen LogP contribution is -2.11. The fourth-order valence-corrected chi connectivity index (χ4v) is 5.54. The molecule has 0 amide bonds. The highest BCUT2D eigenvalue weighted by molar-refractivity contribution is 6.16. The van der Waals surface area contributed by atoms with Gasteiger partial charge in [0.05, 0.1) is 27.6 Å². The molecule has 4 aromatic carbocycles. The van der Waals surface area contributed by atoms with Crippen molar-refractivity contribution in [3.05, 3.63) is 109 Å². The number of phenols is 1. The quantitative estimate of drug-likeness (QED) is 0.246. The molecule has 0 radical (unpaired) electrons. The Labute approximate surface area is 220 Å². The Morgan fingerprint density at radius 3 is 2.32 bits per heavy atom. The zero-order valence-electron chi connectivity index (χ0n) is 21.6. The number of pyridine rings is 2. The van der Waals surface area contributed by atoms with E-state index in [0.29, 0.717) is 0 Å². The second kappa shape index (κ2) is 8.15. The molecule has 0 saturated carbocycles. The average Bonchev–Trinajstić information content (AvgIpc) is 3.33. The van der Waals surface area contributed by atoms with E-state index in [1.54, 1.807) is 6.07 Å². The minimum absolute atomic E-state index is 0.0501. The molecular formula is C34H27N3O. The Hall–Kier alpha value is -4.70. The summed E-state index contributed by atoms with van der Waals surface area (Å²) in [4.78, 5) is 9.85. The fourth-order valence-electron chi connectivity index (χ4n) is 5.54. The number of aromatic hydroxyl groups is 1. The molecule has 0 saturated heterocycles. The monoisotopic (exact) mass is 493 g/mol. The van der Waals surface area contributed by atoms with Crippen LogP contribution in [0.25, 0.3) is 60.7 Å². The van der Waals surface area contributed by atoms with Crippen LogP contribution >= 0.6 is 0 Å². The summed E-state index contributed by atoms with van der Waals surface area (Å²) in [6.07, 6.45) is 1.90. The highest BCUT2D eigenvalue weighted by atomic mass is 16.3. The Kier molecular flexibility index (Phi) is 4.83. The molecule has 0 aliphatic carbocycles. The summed E-state index contributed by atoms with van der Waals surface area (Å²) in [6.45, 7) is 6.66. The summed E-state index contributed by atoms with van der Waals surface area (Å²) in [7, 11) is 0. The molecule has 4 heteroatoms. The normalized spacial score (nSPS) is 12.2. The van der Waals surface area contributed by atoms with Crippen molar-refractivity contribution in [3.8, 4) is 28.1 Å². The molecule has 3 aromatic heterocycles.